The number of thioether (sulfide) groups is 1. The van der Waals surface area contributed by atoms with Crippen LogP contribution in [0.15, 0.2) is 71.9 Å². The summed E-state index contributed by atoms with van der Waals surface area (Å²) in [6, 6.07) is 18.1. The molecule has 0 atom stereocenters. The molecule has 0 radical (unpaired) electrons. The van der Waals surface area contributed by atoms with Crippen LogP contribution in [0.25, 0.3) is 10.2 Å². The van der Waals surface area contributed by atoms with Gasteiger partial charge in [-0.25, -0.2) is 4.98 Å². The highest BCUT2D eigenvalue weighted by Gasteiger charge is 2.21. The number of amides is 1. The molecule has 0 aliphatic carbocycles. The van der Waals surface area contributed by atoms with Gasteiger partial charge in [0.15, 0.2) is 5.13 Å². The minimum Gasteiger partial charge on any atom is -0.283 e. The Labute approximate surface area is 178 Å². The van der Waals surface area contributed by atoms with Crippen molar-refractivity contribution < 1.29 is 4.79 Å². The molecule has 2 aromatic carbocycles. The fourth-order valence-corrected chi connectivity index (χ4v) is 4.82. The molecule has 0 N–H and O–H groups in total. The van der Waals surface area contributed by atoms with Gasteiger partial charge < -0.3 is 0 Å². The third-order valence-corrected chi connectivity index (χ3v) is 6.73. The zero-order valence-corrected chi connectivity index (χ0v) is 18.0. The molecule has 0 saturated carbocycles. The van der Waals surface area contributed by atoms with Gasteiger partial charge in [-0.2, -0.15) is 0 Å². The molecule has 4 rings (SSSR count). The highest BCUT2D eigenvalue weighted by molar-refractivity contribution is 8.00. The maximum absolute atomic E-state index is 13.2. The quantitative estimate of drug-likeness (QED) is 0.380. The van der Waals surface area contributed by atoms with Crippen LogP contribution in [0.2, 0.25) is 0 Å². The summed E-state index contributed by atoms with van der Waals surface area (Å²) in [6.45, 7) is 4.64. The van der Waals surface area contributed by atoms with E-state index in [0.29, 0.717) is 12.3 Å². The molecule has 1 amide bonds. The first-order valence-electron chi connectivity index (χ1n) is 9.35. The zero-order valence-electron chi connectivity index (χ0n) is 16.3. The van der Waals surface area contributed by atoms with E-state index in [0.717, 1.165) is 25.8 Å². The van der Waals surface area contributed by atoms with Gasteiger partial charge in [-0.05, 0) is 60.9 Å². The summed E-state index contributed by atoms with van der Waals surface area (Å²) in [6.07, 6.45) is 3.54. The van der Waals surface area contributed by atoms with E-state index < -0.39 is 0 Å². The van der Waals surface area contributed by atoms with Crippen LogP contribution >= 0.6 is 23.1 Å². The Hall–Kier alpha value is -2.70. The molecule has 0 saturated heterocycles. The van der Waals surface area contributed by atoms with Crippen molar-refractivity contribution in [3.05, 3.63) is 83.7 Å². The molecule has 146 valence electrons. The number of fused-ring (bicyclic) bond motifs is 1. The molecule has 0 aliphatic heterocycles. The summed E-state index contributed by atoms with van der Waals surface area (Å²) in [5.41, 5.74) is 4.36. The standard InChI is InChI=1S/C23H21N3OS2/c1-16-11-20-21(12-17(16)2)29-23(25-20)26(14-18-7-6-10-24-13-18)22(27)15-28-19-8-4-3-5-9-19/h3-13H,14-15H2,1-2H3. The predicted octanol–water partition coefficient (Wildman–Crippen LogP) is 5.63. The first-order chi connectivity index (χ1) is 14.1. The molecule has 0 bridgehead atoms. The zero-order chi connectivity index (χ0) is 20.2. The summed E-state index contributed by atoms with van der Waals surface area (Å²) in [5, 5.41) is 0.729. The SMILES string of the molecule is Cc1cc2nc(N(Cc3cccnc3)C(=O)CSc3ccccc3)sc2cc1C. The Morgan fingerprint density at radius 3 is 2.62 bits per heavy atom. The van der Waals surface area contributed by atoms with Gasteiger partial charge in [0.1, 0.15) is 0 Å². The maximum atomic E-state index is 13.2. The molecule has 0 unspecified atom stereocenters. The Morgan fingerprint density at radius 2 is 1.86 bits per heavy atom. The van der Waals surface area contributed by atoms with Gasteiger partial charge in [-0.1, -0.05) is 35.6 Å². The van der Waals surface area contributed by atoms with Crippen LogP contribution in [0.4, 0.5) is 5.13 Å². The number of thiazole rings is 1. The van der Waals surface area contributed by atoms with Crippen LogP contribution in [-0.4, -0.2) is 21.6 Å². The van der Waals surface area contributed by atoms with Crippen molar-refractivity contribution in [2.45, 2.75) is 25.3 Å². The lowest BCUT2D eigenvalue weighted by Gasteiger charge is -2.19. The molecule has 29 heavy (non-hydrogen) atoms. The lowest BCUT2D eigenvalue weighted by molar-refractivity contribution is -0.116. The molecular formula is C23H21N3OS2. The molecule has 4 nitrogen and oxygen atoms in total. The lowest BCUT2D eigenvalue weighted by Crippen LogP contribution is -2.31. The van der Waals surface area contributed by atoms with Crippen molar-refractivity contribution in [2.75, 3.05) is 10.7 Å². The third-order valence-electron chi connectivity index (χ3n) is 4.69. The molecule has 6 heteroatoms. The number of benzene rings is 2. The number of anilines is 1. The predicted molar refractivity (Wildman–Crippen MR) is 122 cm³/mol. The van der Waals surface area contributed by atoms with Gasteiger partial charge in [-0.3, -0.25) is 14.7 Å². The van der Waals surface area contributed by atoms with Crippen LogP contribution in [0.1, 0.15) is 16.7 Å². The van der Waals surface area contributed by atoms with Gasteiger partial charge >= 0.3 is 0 Å². The fourth-order valence-electron chi connectivity index (χ4n) is 2.96. The minimum absolute atomic E-state index is 0.0372. The summed E-state index contributed by atoms with van der Waals surface area (Å²) < 4.78 is 1.10. The van der Waals surface area contributed by atoms with E-state index in [1.165, 1.54) is 11.1 Å². The summed E-state index contributed by atoms with van der Waals surface area (Å²) in [4.78, 5) is 25.0. The first kappa shape index (κ1) is 19.6. The van der Waals surface area contributed by atoms with Crippen molar-refractivity contribution in [2.24, 2.45) is 0 Å². The molecule has 0 fully saturated rings. The number of aryl methyl sites for hydroxylation is 2. The second-order valence-electron chi connectivity index (χ2n) is 6.84. The number of carbonyl (C=O) groups excluding carboxylic acids is 1. The minimum atomic E-state index is 0.0372. The smallest absolute Gasteiger partial charge is 0.239 e. The van der Waals surface area contributed by atoms with Crippen LogP contribution in [0.3, 0.4) is 0 Å². The van der Waals surface area contributed by atoms with Crippen molar-refractivity contribution in [1.29, 1.82) is 0 Å². The highest BCUT2D eigenvalue weighted by atomic mass is 32.2. The Morgan fingerprint density at radius 1 is 1.07 bits per heavy atom. The number of aromatic nitrogens is 2. The Balaban J connectivity index is 1.63. The van der Waals surface area contributed by atoms with E-state index >= 15 is 0 Å². The molecule has 4 aromatic rings. The highest BCUT2D eigenvalue weighted by Crippen LogP contribution is 2.32. The average Bonchev–Trinajstić information content (AvgIpc) is 3.14. The number of hydrogen-bond donors (Lipinski definition) is 0. The molecular weight excluding hydrogens is 398 g/mol. The van der Waals surface area contributed by atoms with E-state index in [1.807, 2.05) is 42.5 Å². The molecule has 2 aromatic heterocycles. The number of carbonyl (C=O) groups is 1. The largest absolute Gasteiger partial charge is 0.283 e. The second kappa shape index (κ2) is 8.76. The average molecular weight is 420 g/mol. The molecule has 0 spiro atoms. The fraction of sp³-hybridized carbons (Fsp3) is 0.174. The summed E-state index contributed by atoms with van der Waals surface area (Å²) in [5.74, 6) is 0.397. The monoisotopic (exact) mass is 419 g/mol. The van der Waals surface area contributed by atoms with Crippen LogP contribution in [-0.2, 0) is 11.3 Å². The van der Waals surface area contributed by atoms with Crippen LogP contribution in [0.5, 0.6) is 0 Å². The van der Waals surface area contributed by atoms with Crippen LogP contribution in [0, 0.1) is 13.8 Å². The van der Waals surface area contributed by atoms with E-state index in [9.17, 15) is 4.79 Å². The summed E-state index contributed by atoms with van der Waals surface area (Å²) in [7, 11) is 0. The van der Waals surface area contributed by atoms with E-state index in [1.54, 1.807) is 40.4 Å². The van der Waals surface area contributed by atoms with E-state index in [2.05, 4.69) is 31.0 Å². The molecule has 0 aliphatic rings. The number of pyridine rings is 1. The molecule has 2 heterocycles. The lowest BCUT2D eigenvalue weighted by atomic mass is 10.1. The summed E-state index contributed by atoms with van der Waals surface area (Å²) >= 11 is 3.11. The second-order valence-corrected chi connectivity index (χ2v) is 8.90. The van der Waals surface area contributed by atoms with Crippen LogP contribution < -0.4 is 4.90 Å². The van der Waals surface area contributed by atoms with Gasteiger partial charge in [0, 0.05) is 17.3 Å². The topological polar surface area (TPSA) is 46.1 Å². The number of hydrogen-bond acceptors (Lipinski definition) is 5. The van der Waals surface area contributed by atoms with Gasteiger partial charge in [0.05, 0.1) is 22.5 Å². The van der Waals surface area contributed by atoms with Crippen molar-refractivity contribution in [3.63, 3.8) is 0 Å². The Kier molecular flexibility index (Phi) is 5.92. The Bertz CT molecular complexity index is 1090. The van der Waals surface area contributed by atoms with Crippen molar-refractivity contribution in [1.82, 2.24) is 9.97 Å². The van der Waals surface area contributed by atoms with E-state index in [4.69, 9.17) is 4.98 Å². The first-order valence-corrected chi connectivity index (χ1v) is 11.2. The third kappa shape index (κ3) is 4.66. The normalized spacial score (nSPS) is 11.0. The van der Waals surface area contributed by atoms with Crippen molar-refractivity contribution in [3.8, 4) is 0 Å². The number of nitrogens with zero attached hydrogens (tertiary/aromatic N) is 3. The maximum Gasteiger partial charge on any atom is 0.239 e. The van der Waals surface area contributed by atoms with E-state index in [-0.39, 0.29) is 5.91 Å². The van der Waals surface area contributed by atoms with Crippen molar-refractivity contribution >= 4 is 44.4 Å². The van der Waals surface area contributed by atoms with Gasteiger partial charge in [0.25, 0.3) is 0 Å². The van der Waals surface area contributed by atoms with Gasteiger partial charge in [-0.15, -0.1) is 11.8 Å². The van der Waals surface area contributed by atoms with Gasteiger partial charge in [0.2, 0.25) is 5.91 Å². The number of rotatable bonds is 6.